The molecule has 0 N–H and O–H groups in total. The van der Waals surface area contributed by atoms with Crippen LogP contribution in [-0.4, -0.2) is 0 Å². The van der Waals surface area contributed by atoms with Crippen molar-refractivity contribution >= 4 is 5.57 Å². The van der Waals surface area contributed by atoms with Gasteiger partial charge >= 0.3 is 0 Å². The van der Waals surface area contributed by atoms with E-state index in [1.165, 1.54) is 11.1 Å². The van der Waals surface area contributed by atoms with Gasteiger partial charge < -0.3 is 0 Å². The van der Waals surface area contributed by atoms with Crippen LogP contribution in [0.2, 0.25) is 0 Å². The lowest BCUT2D eigenvalue weighted by molar-refractivity contribution is 0.411. The highest BCUT2D eigenvalue weighted by atomic mass is 14.2. The molecule has 0 aliphatic rings. The molecule has 0 radical (unpaired) electrons. The van der Waals surface area contributed by atoms with Crippen molar-refractivity contribution in [1.29, 1.82) is 0 Å². The molecular formula is C14H20. The zero-order chi connectivity index (χ0) is 10.8. The summed E-state index contributed by atoms with van der Waals surface area (Å²) in [5.74, 6) is 0. The largest absolute Gasteiger partial charge is 0.0955 e. The fourth-order valence-electron chi connectivity index (χ4n) is 1.66. The second kappa shape index (κ2) is 4.00. The summed E-state index contributed by atoms with van der Waals surface area (Å²) in [4.78, 5) is 0. The van der Waals surface area contributed by atoms with E-state index in [0.717, 1.165) is 12.0 Å². The molecule has 0 saturated carbocycles. The summed E-state index contributed by atoms with van der Waals surface area (Å²) in [6.07, 6.45) is 1.11. The smallest absolute Gasteiger partial charge is 0.0201 e. The Morgan fingerprint density at radius 1 is 1.21 bits per heavy atom. The van der Waals surface area contributed by atoms with Crippen molar-refractivity contribution in [3.8, 4) is 0 Å². The molecule has 76 valence electrons. The minimum absolute atomic E-state index is 0.339. The number of hydrogen-bond donors (Lipinski definition) is 0. The summed E-state index contributed by atoms with van der Waals surface area (Å²) < 4.78 is 0. The molecule has 0 unspecified atom stereocenters. The van der Waals surface area contributed by atoms with E-state index in [1.807, 2.05) is 0 Å². The fourth-order valence-corrected chi connectivity index (χ4v) is 1.66. The van der Waals surface area contributed by atoms with Gasteiger partial charge in [-0.1, -0.05) is 57.2 Å². The summed E-state index contributed by atoms with van der Waals surface area (Å²) >= 11 is 0. The predicted molar refractivity (Wildman–Crippen MR) is 64.3 cm³/mol. The SMILES string of the molecule is C=C(C)c1ccccc1CC(C)(C)C. The molecule has 0 aliphatic heterocycles. The standard InChI is InChI=1S/C14H20/c1-11(2)13-9-7-6-8-12(13)10-14(3,4)5/h6-9H,1,10H2,2-5H3. The Kier molecular flexibility index (Phi) is 3.15. The fraction of sp³-hybridized carbons (Fsp3) is 0.429. The first-order valence-corrected chi connectivity index (χ1v) is 5.14. The molecule has 1 aromatic rings. The normalized spacial score (nSPS) is 11.4. The highest BCUT2D eigenvalue weighted by Crippen LogP contribution is 2.25. The van der Waals surface area contributed by atoms with Crippen molar-refractivity contribution < 1.29 is 0 Å². The van der Waals surface area contributed by atoms with Crippen molar-refractivity contribution in [3.63, 3.8) is 0 Å². The Labute approximate surface area is 87.7 Å². The Morgan fingerprint density at radius 3 is 2.29 bits per heavy atom. The van der Waals surface area contributed by atoms with Crippen LogP contribution in [0.5, 0.6) is 0 Å². The molecule has 0 heteroatoms. The molecule has 14 heavy (non-hydrogen) atoms. The zero-order valence-electron chi connectivity index (χ0n) is 9.72. The number of rotatable bonds is 2. The first-order valence-electron chi connectivity index (χ1n) is 5.14. The second-order valence-corrected chi connectivity index (χ2v) is 5.17. The molecule has 0 atom stereocenters. The molecular weight excluding hydrogens is 168 g/mol. The van der Waals surface area contributed by atoms with Crippen LogP contribution in [0, 0.1) is 5.41 Å². The van der Waals surface area contributed by atoms with Crippen molar-refractivity contribution in [2.75, 3.05) is 0 Å². The monoisotopic (exact) mass is 188 g/mol. The summed E-state index contributed by atoms with van der Waals surface area (Å²) in [7, 11) is 0. The van der Waals surface area contributed by atoms with E-state index in [4.69, 9.17) is 0 Å². The first kappa shape index (κ1) is 11.0. The molecule has 0 nitrogen and oxygen atoms in total. The van der Waals surface area contributed by atoms with Gasteiger partial charge in [-0.05, 0) is 29.9 Å². The van der Waals surface area contributed by atoms with Gasteiger partial charge in [-0.25, -0.2) is 0 Å². The molecule has 0 aliphatic carbocycles. The Morgan fingerprint density at radius 2 is 1.79 bits per heavy atom. The van der Waals surface area contributed by atoms with Crippen molar-refractivity contribution in [3.05, 3.63) is 42.0 Å². The van der Waals surface area contributed by atoms with E-state index in [9.17, 15) is 0 Å². The van der Waals surface area contributed by atoms with Gasteiger partial charge in [0.25, 0.3) is 0 Å². The maximum absolute atomic E-state index is 4.02. The van der Waals surface area contributed by atoms with Gasteiger partial charge in [-0.2, -0.15) is 0 Å². The third-order valence-electron chi connectivity index (χ3n) is 2.20. The highest BCUT2D eigenvalue weighted by molar-refractivity contribution is 5.64. The Hall–Kier alpha value is -1.04. The van der Waals surface area contributed by atoms with E-state index >= 15 is 0 Å². The number of hydrogen-bond acceptors (Lipinski definition) is 0. The van der Waals surface area contributed by atoms with Gasteiger partial charge in [-0.3, -0.25) is 0 Å². The summed E-state index contributed by atoms with van der Waals surface area (Å²) in [6, 6.07) is 8.54. The third kappa shape index (κ3) is 3.02. The minimum atomic E-state index is 0.339. The number of benzene rings is 1. The maximum atomic E-state index is 4.02. The van der Waals surface area contributed by atoms with E-state index in [2.05, 4.69) is 58.5 Å². The van der Waals surface area contributed by atoms with Crippen molar-refractivity contribution in [1.82, 2.24) is 0 Å². The van der Waals surface area contributed by atoms with Crippen LogP contribution in [0.4, 0.5) is 0 Å². The predicted octanol–water partition coefficient (Wildman–Crippen LogP) is 4.31. The van der Waals surface area contributed by atoms with E-state index in [0.29, 0.717) is 5.41 Å². The van der Waals surface area contributed by atoms with Crippen LogP contribution in [-0.2, 0) is 6.42 Å². The van der Waals surface area contributed by atoms with Gasteiger partial charge in [0, 0.05) is 0 Å². The first-order chi connectivity index (χ1) is 6.40. The highest BCUT2D eigenvalue weighted by Gasteiger charge is 2.13. The molecule has 0 aromatic heterocycles. The molecule has 1 rings (SSSR count). The summed E-state index contributed by atoms with van der Waals surface area (Å²) in [6.45, 7) is 12.9. The maximum Gasteiger partial charge on any atom is -0.0201 e. The van der Waals surface area contributed by atoms with Gasteiger partial charge in [0.15, 0.2) is 0 Å². The molecule has 1 aromatic carbocycles. The molecule has 0 fully saturated rings. The van der Waals surface area contributed by atoms with Crippen molar-refractivity contribution in [2.45, 2.75) is 34.1 Å². The van der Waals surface area contributed by atoms with Gasteiger partial charge in [-0.15, -0.1) is 0 Å². The number of allylic oxidation sites excluding steroid dienone is 1. The summed E-state index contributed by atoms with van der Waals surface area (Å²) in [5.41, 5.74) is 4.21. The minimum Gasteiger partial charge on any atom is -0.0955 e. The van der Waals surface area contributed by atoms with Crippen molar-refractivity contribution in [2.24, 2.45) is 5.41 Å². The van der Waals surface area contributed by atoms with Gasteiger partial charge in [0.2, 0.25) is 0 Å². The second-order valence-electron chi connectivity index (χ2n) is 5.17. The van der Waals surface area contributed by atoms with Gasteiger partial charge in [0.05, 0.1) is 0 Å². The van der Waals surface area contributed by atoms with Gasteiger partial charge in [0.1, 0.15) is 0 Å². The summed E-state index contributed by atoms with van der Waals surface area (Å²) in [5, 5.41) is 0. The van der Waals surface area contributed by atoms with E-state index < -0.39 is 0 Å². The molecule has 0 heterocycles. The van der Waals surface area contributed by atoms with Crippen LogP contribution in [0.1, 0.15) is 38.8 Å². The molecule has 0 amide bonds. The quantitative estimate of drug-likeness (QED) is 0.649. The van der Waals surface area contributed by atoms with Crippen LogP contribution < -0.4 is 0 Å². The Balaban J connectivity index is 3.02. The molecule has 0 spiro atoms. The van der Waals surface area contributed by atoms with Crippen LogP contribution in [0.15, 0.2) is 30.8 Å². The zero-order valence-corrected chi connectivity index (χ0v) is 9.72. The third-order valence-corrected chi connectivity index (χ3v) is 2.20. The average Bonchev–Trinajstić information content (AvgIpc) is 2.01. The van der Waals surface area contributed by atoms with E-state index in [-0.39, 0.29) is 0 Å². The van der Waals surface area contributed by atoms with E-state index in [1.54, 1.807) is 0 Å². The molecule has 0 bridgehead atoms. The van der Waals surface area contributed by atoms with Crippen LogP contribution in [0.3, 0.4) is 0 Å². The lowest BCUT2D eigenvalue weighted by Gasteiger charge is -2.20. The Bertz CT molecular complexity index is 326. The van der Waals surface area contributed by atoms with Crippen LogP contribution >= 0.6 is 0 Å². The topological polar surface area (TPSA) is 0 Å². The molecule has 0 saturated heterocycles. The average molecular weight is 188 g/mol. The lowest BCUT2D eigenvalue weighted by Crippen LogP contribution is -2.10. The van der Waals surface area contributed by atoms with Crippen LogP contribution in [0.25, 0.3) is 5.57 Å². The lowest BCUT2D eigenvalue weighted by atomic mass is 9.85.